The van der Waals surface area contributed by atoms with Crippen molar-refractivity contribution in [1.29, 1.82) is 0 Å². The number of rotatable bonds is 7. The topological polar surface area (TPSA) is 117 Å². The molecule has 1 fully saturated rings. The van der Waals surface area contributed by atoms with Gasteiger partial charge in [-0.3, -0.25) is 10.1 Å². The number of aromatic nitrogens is 1. The molecule has 31 heavy (non-hydrogen) atoms. The van der Waals surface area contributed by atoms with Gasteiger partial charge >= 0.3 is 0 Å². The van der Waals surface area contributed by atoms with Crippen LogP contribution < -0.4 is 5.32 Å². The van der Waals surface area contributed by atoms with E-state index in [0.717, 1.165) is 17.6 Å². The van der Waals surface area contributed by atoms with Gasteiger partial charge in [0.25, 0.3) is 5.91 Å². The summed E-state index contributed by atoms with van der Waals surface area (Å²) in [5.41, 5.74) is 0.711. The largest absolute Gasteiger partial charge is 0.393 e. The Morgan fingerprint density at radius 2 is 1.90 bits per heavy atom. The lowest BCUT2D eigenvalue weighted by atomic mass is 9.98. The lowest BCUT2D eigenvalue weighted by Crippen LogP contribution is -2.15. The van der Waals surface area contributed by atoms with Gasteiger partial charge < -0.3 is 10.2 Å². The highest BCUT2D eigenvalue weighted by Crippen LogP contribution is 2.34. The van der Waals surface area contributed by atoms with Crippen molar-refractivity contribution in [2.24, 2.45) is 5.92 Å². The molecule has 1 aliphatic carbocycles. The Hall–Kier alpha value is -2.21. The van der Waals surface area contributed by atoms with Crippen LogP contribution in [0.2, 0.25) is 0 Å². The number of amides is 1. The molecule has 3 rings (SSSR count). The summed E-state index contributed by atoms with van der Waals surface area (Å²) in [6.07, 6.45) is -1.92. The average Bonchev–Trinajstić information content (AvgIpc) is 3.31. The molecule has 1 aliphatic rings. The lowest BCUT2D eigenvalue weighted by Gasteiger charge is -2.11. The minimum atomic E-state index is -3.43. The van der Waals surface area contributed by atoms with E-state index >= 15 is 0 Å². The number of hydrogen-bond acceptors (Lipinski definition) is 7. The Balaban J connectivity index is 1.90. The maximum absolute atomic E-state index is 13.6. The molecule has 0 aliphatic heterocycles. The van der Waals surface area contributed by atoms with Gasteiger partial charge in [0.2, 0.25) is 0 Å². The third-order valence-electron chi connectivity index (χ3n) is 4.95. The molecule has 1 unspecified atom stereocenters. The van der Waals surface area contributed by atoms with Crippen molar-refractivity contribution in [2.75, 3.05) is 18.2 Å². The van der Waals surface area contributed by atoms with Crippen molar-refractivity contribution in [2.45, 2.75) is 36.2 Å². The highest BCUT2D eigenvalue weighted by Gasteiger charge is 2.34. The zero-order valence-corrected chi connectivity index (χ0v) is 18.2. The van der Waals surface area contributed by atoms with Crippen molar-refractivity contribution in [3.63, 3.8) is 0 Å². The third kappa shape index (κ3) is 5.73. The fourth-order valence-electron chi connectivity index (χ4n) is 3.28. The molecule has 0 radical (unpaired) electrons. The summed E-state index contributed by atoms with van der Waals surface area (Å²) in [5, 5.41) is 22.9. The summed E-state index contributed by atoms with van der Waals surface area (Å²) in [6.45, 7) is -0.522. The summed E-state index contributed by atoms with van der Waals surface area (Å²) >= 11 is 1.04. The van der Waals surface area contributed by atoms with Gasteiger partial charge in [-0.25, -0.2) is 22.2 Å². The highest BCUT2D eigenvalue weighted by molar-refractivity contribution is 7.90. The van der Waals surface area contributed by atoms with Crippen LogP contribution in [-0.4, -0.2) is 54.7 Å². The molecule has 7 nitrogen and oxygen atoms in total. The van der Waals surface area contributed by atoms with E-state index < -0.39 is 46.7 Å². The van der Waals surface area contributed by atoms with Crippen LogP contribution >= 0.6 is 11.3 Å². The normalized spacial score (nSPS) is 23.0. The van der Waals surface area contributed by atoms with Crippen molar-refractivity contribution < 1.29 is 32.2 Å². The van der Waals surface area contributed by atoms with E-state index in [1.807, 2.05) is 0 Å². The summed E-state index contributed by atoms with van der Waals surface area (Å²) < 4.78 is 50.7. The van der Waals surface area contributed by atoms with Gasteiger partial charge in [0.05, 0.1) is 17.2 Å². The van der Waals surface area contributed by atoms with E-state index in [1.54, 1.807) is 0 Å². The molecule has 1 saturated carbocycles. The molecule has 0 spiro atoms. The van der Waals surface area contributed by atoms with Crippen molar-refractivity contribution in [3.8, 4) is 0 Å². The van der Waals surface area contributed by atoms with Gasteiger partial charge in [0.1, 0.15) is 18.4 Å². The molecule has 1 heterocycles. The lowest BCUT2D eigenvalue weighted by molar-refractivity contribution is -0.111. The summed E-state index contributed by atoms with van der Waals surface area (Å²) in [7, 11) is -3.43. The first kappa shape index (κ1) is 23.5. The van der Waals surface area contributed by atoms with Crippen LogP contribution in [0, 0.1) is 5.92 Å². The smallest absolute Gasteiger partial charge is 0.257 e. The molecule has 168 valence electrons. The number of carbonyl (C=O) groups is 1. The van der Waals surface area contributed by atoms with Crippen LogP contribution in [0.25, 0.3) is 5.57 Å². The quantitative estimate of drug-likeness (QED) is 0.534. The first-order valence-corrected chi connectivity index (χ1v) is 12.2. The van der Waals surface area contributed by atoms with Gasteiger partial charge in [0.15, 0.2) is 15.0 Å². The molecule has 2 aromatic rings. The molecule has 0 saturated heterocycles. The number of allylic oxidation sites excluding steroid dienone is 1. The van der Waals surface area contributed by atoms with E-state index in [-0.39, 0.29) is 34.1 Å². The predicted molar refractivity (Wildman–Crippen MR) is 113 cm³/mol. The van der Waals surface area contributed by atoms with Crippen molar-refractivity contribution in [3.05, 3.63) is 47.0 Å². The fraction of sp³-hybridized carbons (Fsp3) is 0.400. The molecule has 1 aromatic heterocycles. The second kappa shape index (κ2) is 9.51. The molecule has 11 heteroatoms. The van der Waals surface area contributed by atoms with Gasteiger partial charge in [-0.05, 0) is 36.5 Å². The van der Waals surface area contributed by atoms with Crippen molar-refractivity contribution >= 4 is 37.8 Å². The minimum Gasteiger partial charge on any atom is -0.393 e. The van der Waals surface area contributed by atoms with E-state index in [4.69, 9.17) is 5.11 Å². The number of anilines is 1. The molecular formula is C20H22F2N2O5S2. The number of thiazole rings is 1. The van der Waals surface area contributed by atoms with Gasteiger partial charge in [-0.1, -0.05) is 18.2 Å². The number of carbonyl (C=O) groups excluding carboxylic acids is 1. The molecule has 3 N–H and O–H groups in total. The molecule has 1 aromatic carbocycles. The van der Waals surface area contributed by atoms with E-state index in [0.29, 0.717) is 5.56 Å². The van der Waals surface area contributed by atoms with Crippen LogP contribution in [-0.2, 0) is 14.6 Å². The van der Waals surface area contributed by atoms with Crippen LogP contribution in [0.4, 0.5) is 13.9 Å². The molecule has 4 atom stereocenters. The monoisotopic (exact) mass is 472 g/mol. The number of aliphatic hydroxyl groups excluding tert-OH is 2. The van der Waals surface area contributed by atoms with Crippen LogP contribution in [0.3, 0.4) is 0 Å². The summed E-state index contributed by atoms with van der Waals surface area (Å²) in [5.74, 6) is -1.09. The van der Waals surface area contributed by atoms with Gasteiger partial charge in [-0.2, -0.15) is 0 Å². The Morgan fingerprint density at radius 1 is 1.29 bits per heavy atom. The Labute approximate surface area is 182 Å². The van der Waals surface area contributed by atoms with Crippen LogP contribution in [0.1, 0.15) is 30.2 Å². The van der Waals surface area contributed by atoms with E-state index in [2.05, 4.69) is 10.3 Å². The maximum atomic E-state index is 13.6. The number of halogens is 2. The van der Waals surface area contributed by atoms with Crippen molar-refractivity contribution in [1.82, 2.24) is 4.98 Å². The number of sulfone groups is 1. The molecular weight excluding hydrogens is 450 g/mol. The second-order valence-electron chi connectivity index (χ2n) is 7.37. The second-order valence-corrected chi connectivity index (χ2v) is 10.2. The zero-order chi connectivity index (χ0) is 22.8. The standard InChI is InChI=1S/C20H22F2N2O5S2/c1-31(28,29)13-4-2-12(3-5-13)14(6-11-7-15(21)16(22)8-11)19(27)24-20-23-17(10-30-20)18(26)9-25/h2-6,10-11,15-16,18,25-26H,7-9H2,1H3,(H,23,24,27)/b14-6+/t11-,15+,16-,18?. The van der Waals surface area contributed by atoms with Gasteiger partial charge in [0, 0.05) is 17.2 Å². The molecule has 0 bridgehead atoms. The predicted octanol–water partition coefficient (Wildman–Crippen LogP) is 2.68. The first-order chi connectivity index (χ1) is 14.6. The van der Waals surface area contributed by atoms with E-state index in [1.165, 1.54) is 35.7 Å². The summed E-state index contributed by atoms with van der Waals surface area (Å²) in [4.78, 5) is 17.1. The SMILES string of the molecule is CS(=O)(=O)c1ccc(/C(=C\[C@H]2C[C@@H](F)[C@@H](F)C2)C(=O)Nc2nc(C(O)CO)cs2)cc1. The van der Waals surface area contributed by atoms with Gasteiger partial charge in [-0.15, -0.1) is 11.3 Å². The average molecular weight is 473 g/mol. The zero-order valence-electron chi connectivity index (χ0n) is 16.5. The van der Waals surface area contributed by atoms with Crippen LogP contribution in [0.5, 0.6) is 0 Å². The number of benzene rings is 1. The number of alkyl halides is 2. The summed E-state index contributed by atoms with van der Waals surface area (Å²) in [6, 6.07) is 5.63. The minimum absolute atomic E-state index is 0.0521. The fourth-order valence-corrected chi connectivity index (χ4v) is 4.66. The maximum Gasteiger partial charge on any atom is 0.257 e. The highest BCUT2D eigenvalue weighted by atomic mass is 32.2. The number of aliphatic hydroxyl groups is 2. The van der Waals surface area contributed by atoms with Crippen LogP contribution in [0.15, 0.2) is 40.6 Å². The number of nitrogens with one attached hydrogen (secondary N) is 1. The third-order valence-corrected chi connectivity index (χ3v) is 6.85. The molecule has 1 amide bonds. The first-order valence-electron chi connectivity index (χ1n) is 9.44. The number of nitrogens with zero attached hydrogens (tertiary/aromatic N) is 1. The number of hydrogen-bond donors (Lipinski definition) is 3. The Kier molecular flexibility index (Phi) is 7.20. The Bertz CT molecular complexity index is 1060. The Morgan fingerprint density at radius 3 is 2.45 bits per heavy atom. The van der Waals surface area contributed by atoms with E-state index in [9.17, 15) is 27.1 Å².